The van der Waals surface area contributed by atoms with Crippen LogP contribution in [0.1, 0.15) is 68.0 Å². The number of rotatable bonds is 21. The van der Waals surface area contributed by atoms with E-state index >= 15 is 8.78 Å². The second-order valence-corrected chi connectivity index (χ2v) is 26.5. The number of nitrogens with zero attached hydrogens (tertiary/aromatic N) is 15. The molecule has 37 heteroatoms. The van der Waals surface area contributed by atoms with E-state index in [0.29, 0.717) is 94.7 Å². The molecule has 0 saturated carbocycles. The van der Waals surface area contributed by atoms with Gasteiger partial charge in [0.15, 0.2) is 28.8 Å². The Morgan fingerprint density at radius 1 is 0.584 bits per heavy atom. The summed E-state index contributed by atoms with van der Waals surface area (Å²) in [4.78, 5) is 35.0. The zero-order valence-corrected chi connectivity index (χ0v) is 64.4. The van der Waals surface area contributed by atoms with Gasteiger partial charge in [-0.2, -0.15) is 15.3 Å². The van der Waals surface area contributed by atoms with E-state index in [9.17, 15) is 18.0 Å². The summed E-state index contributed by atoms with van der Waals surface area (Å²) < 4.78 is 134. The van der Waals surface area contributed by atoms with Gasteiger partial charge in [0.25, 0.3) is 17.9 Å². The van der Waals surface area contributed by atoms with Crippen molar-refractivity contribution in [3.05, 3.63) is 190 Å². The first kappa shape index (κ1) is 85.4. The van der Waals surface area contributed by atoms with E-state index in [1.54, 1.807) is 86.8 Å². The lowest BCUT2D eigenvalue weighted by molar-refractivity contribution is -0.252. The molecule has 113 heavy (non-hydrogen) atoms. The SMILES string of the molecule is CN(C)CC(=O)O.COC(OC)OC.Cn1cncc1COc1cc(F)cc(Oc2ccc(-c3nn(C4CCOCC4)c4ncnc(N)c34)cc2F)c1.N.[C-]#[N+]c1c(-c2ccc(Br)c(F)c2)nn(C2CCOCC2)c1N.[C-]#[N+]c1c(-c2ccc(Oc3cc(F)cc(OCc4cncn4C)c3)c(F)c2)nn(C2CCOCC2)c1N. The minimum atomic E-state index is -0.787. The number of anilines is 3. The fourth-order valence-corrected chi connectivity index (χ4v) is 12.2. The van der Waals surface area contributed by atoms with Crippen LogP contribution >= 0.6 is 15.9 Å². The molecule has 0 aliphatic carbocycles. The summed E-state index contributed by atoms with van der Waals surface area (Å²) in [5.74, 6) is -2.44. The first-order valence-corrected chi connectivity index (χ1v) is 35.6. The molecule has 0 spiro atoms. The highest BCUT2D eigenvalue weighted by molar-refractivity contribution is 9.10. The van der Waals surface area contributed by atoms with E-state index in [-0.39, 0.29) is 102 Å². The number of aliphatic carboxylic acids is 1. The highest BCUT2D eigenvalue weighted by atomic mass is 79.9. The van der Waals surface area contributed by atoms with Crippen molar-refractivity contribution in [2.45, 2.75) is 76.3 Å². The third-order valence-electron chi connectivity index (χ3n) is 17.6. The summed E-state index contributed by atoms with van der Waals surface area (Å²) >= 11 is 3.12. The molecule has 11 aromatic rings. The topological polar surface area (TPSA) is 370 Å². The third-order valence-corrected chi connectivity index (χ3v) is 18.2. The van der Waals surface area contributed by atoms with Gasteiger partial charge in [0.2, 0.25) is 0 Å². The van der Waals surface area contributed by atoms with Crippen LogP contribution in [0.3, 0.4) is 0 Å². The van der Waals surface area contributed by atoms with Gasteiger partial charge >= 0.3 is 5.97 Å². The van der Waals surface area contributed by atoms with E-state index < -0.39 is 41.5 Å². The van der Waals surface area contributed by atoms with Crippen molar-refractivity contribution < 1.29 is 79.2 Å². The highest BCUT2D eigenvalue weighted by Gasteiger charge is 2.29. The number of carbonyl (C=O) groups is 1. The van der Waals surface area contributed by atoms with Crippen molar-refractivity contribution in [3.63, 3.8) is 0 Å². The highest BCUT2D eigenvalue weighted by Crippen LogP contribution is 2.43. The molecule has 0 atom stereocenters. The fourth-order valence-electron chi connectivity index (χ4n) is 11.9. The number of nitrogen functional groups attached to an aromatic ring is 3. The summed E-state index contributed by atoms with van der Waals surface area (Å²) in [6, 6.07) is 21.2. The van der Waals surface area contributed by atoms with E-state index in [1.165, 1.54) is 82.3 Å². The molecule has 5 aromatic carbocycles. The van der Waals surface area contributed by atoms with Crippen LogP contribution < -0.4 is 42.3 Å². The zero-order valence-electron chi connectivity index (χ0n) is 62.8. The predicted octanol–water partition coefficient (Wildman–Crippen LogP) is 14.2. The molecule has 3 aliphatic heterocycles. The number of aromatic nitrogens is 12. The van der Waals surface area contributed by atoms with Crippen LogP contribution in [0.5, 0.6) is 34.5 Å². The maximum absolute atomic E-state index is 15.3. The van der Waals surface area contributed by atoms with Gasteiger partial charge in [-0.1, -0.05) is 12.1 Å². The summed E-state index contributed by atoms with van der Waals surface area (Å²) in [6.07, 6.45) is 12.6. The Kier molecular flexibility index (Phi) is 30.6. The fraction of sp³-hybridized carbons (Fsp3) is 0.342. The molecular formula is C76H85BrF5N19O12. The number of imidazole rings is 2. The van der Waals surface area contributed by atoms with Crippen molar-refractivity contribution in [3.8, 4) is 68.3 Å². The Labute approximate surface area is 655 Å². The molecule has 0 unspecified atom stereocenters. The van der Waals surface area contributed by atoms with E-state index in [0.717, 1.165) is 62.0 Å². The van der Waals surface area contributed by atoms with Crippen molar-refractivity contribution in [1.29, 1.82) is 0 Å². The Hall–Kier alpha value is -11.7. The lowest BCUT2D eigenvalue weighted by Gasteiger charge is -2.23. The van der Waals surface area contributed by atoms with E-state index in [4.69, 9.17) is 73.7 Å². The molecule has 0 radical (unpaired) electrons. The Morgan fingerprint density at radius 2 is 0.982 bits per heavy atom. The van der Waals surface area contributed by atoms with Gasteiger partial charge in [0.1, 0.15) is 94.5 Å². The lowest BCUT2D eigenvalue weighted by Crippen LogP contribution is -2.21. The minimum absolute atomic E-state index is 0. The van der Waals surface area contributed by atoms with Gasteiger partial charge in [0, 0.05) is 117 Å². The molecule has 3 aliphatic rings. The number of hydrogen-bond acceptors (Lipinski definition) is 23. The van der Waals surface area contributed by atoms with Gasteiger partial charge in [-0.05, 0) is 122 Å². The standard InChI is InChI=1S/C27H25F2N7O3.C26H24F2N6O3.C15H14BrFN4O.C4H9NO2.C4H10O3.H3N/c1-35-15-31-12-19(35)13-38-20-9-17(28)10-21(11-20)39-23-3-2-16(8-22(23)29)25-24-26(30)32-14-33-27(24)36(34-25)18-4-6-37-7-5-18;1-30-25-24(32-34(26(25)29)18-5-7-35-8-6-18)16-3-4-23(22(28)9-16)37-21-11-17(27)10-20(12-21)36-14-19-13-31-15-33(19)2;1-19-14-13(9-2-3-11(16)12(17)8-9)20-21(15(14)18)10-4-6-22-7-5-10;1-5(2)3-4(6)7;1-5-4(6-2)7-3;/h2-3,8-12,14-15,18H,4-7,13H2,1H3,(H2,30,32,33);3-4,9-13,15,18H,5-8,14,29H2,2H3;2-3,8,10H,4-7,18H2;3H2,1-2H3,(H,6,7);4H,1-3H3;1H3. The second-order valence-electron chi connectivity index (χ2n) is 25.6. The smallest absolute Gasteiger partial charge is 0.317 e. The molecule has 3 fully saturated rings. The van der Waals surface area contributed by atoms with Gasteiger partial charge in [-0.3, -0.25) is 19.1 Å². The van der Waals surface area contributed by atoms with Crippen molar-refractivity contribution >= 4 is 61.8 Å². The second kappa shape index (κ2) is 40.5. The predicted molar refractivity (Wildman–Crippen MR) is 411 cm³/mol. The number of methoxy groups -OCH3 is 3. The number of likely N-dealkylation sites (N-methyl/N-ethyl adjacent to an activating group) is 1. The average molecular weight is 1630 g/mol. The average Bonchev–Trinajstić information content (AvgIpc) is 1.62. The van der Waals surface area contributed by atoms with Gasteiger partial charge in [-0.15, -0.1) is 0 Å². The number of carboxylic acid groups (broad SMARTS) is 1. The summed E-state index contributed by atoms with van der Waals surface area (Å²) in [6.45, 7) is 18.6. The van der Waals surface area contributed by atoms with Crippen LogP contribution in [0.4, 0.5) is 50.8 Å². The van der Waals surface area contributed by atoms with Crippen molar-refractivity contribution in [2.24, 2.45) is 14.1 Å². The van der Waals surface area contributed by atoms with Crippen LogP contribution in [0.15, 0.2) is 127 Å². The maximum atomic E-state index is 15.3. The first-order chi connectivity index (χ1) is 54.0. The number of halogens is 6. The van der Waals surface area contributed by atoms with E-state index in [1.807, 2.05) is 18.8 Å². The van der Waals surface area contributed by atoms with Gasteiger partial charge in [0.05, 0.1) is 84.1 Å². The molecule has 6 aromatic heterocycles. The van der Waals surface area contributed by atoms with Crippen LogP contribution in [0.25, 0.3) is 54.5 Å². The number of hydrogen-bond donors (Lipinski definition) is 5. The number of carboxylic acids is 1. The minimum Gasteiger partial charge on any atom is -0.487 e. The summed E-state index contributed by atoms with van der Waals surface area (Å²) in [7, 11) is 11.6. The molecule has 0 bridgehead atoms. The van der Waals surface area contributed by atoms with Crippen molar-refractivity contribution in [2.75, 3.05) is 98.8 Å². The lowest BCUT2D eigenvalue weighted by atomic mass is 10.1. The van der Waals surface area contributed by atoms with Crippen LogP contribution in [-0.4, -0.2) is 162 Å². The molecule has 0 amide bonds. The molecule has 14 rings (SSSR count). The molecular weight excluding hydrogens is 1550 g/mol. The zero-order chi connectivity index (χ0) is 80.1. The number of aryl methyl sites for hydroxylation is 2. The first-order valence-electron chi connectivity index (χ1n) is 34.8. The number of ether oxygens (including phenoxy) is 10. The Balaban J connectivity index is 0.000000183. The van der Waals surface area contributed by atoms with Crippen LogP contribution in [0, 0.1) is 42.2 Å². The monoisotopic (exact) mass is 1630 g/mol. The van der Waals surface area contributed by atoms with Crippen LogP contribution in [0.2, 0.25) is 0 Å². The maximum Gasteiger partial charge on any atom is 0.317 e. The van der Waals surface area contributed by atoms with Gasteiger partial charge in [-0.25, -0.2) is 56.3 Å². The number of fused-ring (bicyclic) bond motifs is 1. The van der Waals surface area contributed by atoms with Crippen LogP contribution in [-0.2, 0) is 60.5 Å². The summed E-state index contributed by atoms with van der Waals surface area (Å²) in [5, 5.41) is 22.4. The van der Waals surface area contributed by atoms with Crippen molar-refractivity contribution in [1.82, 2.24) is 69.5 Å². The molecule has 10 N–H and O–H groups in total. The molecule has 598 valence electrons. The normalized spacial score (nSPS) is 13.7. The molecule has 3 saturated heterocycles. The molecule has 9 heterocycles. The quantitative estimate of drug-likeness (QED) is 0.0253. The Bertz CT molecular complexity index is 5100. The number of benzene rings is 5. The Morgan fingerprint density at radius 3 is 1.35 bits per heavy atom. The molecule has 31 nitrogen and oxygen atoms in total. The summed E-state index contributed by atoms with van der Waals surface area (Å²) in [5.41, 5.74) is 23.7. The third kappa shape index (κ3) is 22.1. The number of nitrogens with two attached hydrogens (primary N) is 3. The largest absolute Gasteiger partial charge is 0.487 e. The van der Waals surface area contributed by atoms with E-state index in [2.05, 4.69) is 70.0 Å². The van der Waals surface area contributed by atoms with Gasteiger partial charge < -0.3 is 85.0 Å².